The molecule has 0 atom stereocenters. The molecule has 0 aliphatic carbocycles. The lowest BCUT2D eigenvalue weighted by atomic mass is 10.00. The third kappa shape index (κ3) is 6.71. The fourth-order valence-corrected chi connectivity index (χ4v) is 3.57. The Balaban J connectivity index is 1.49. The molecule has 0 unspecified atom stereocenters. The van der Waals surface area contributed by atoms with Gasteiger partial charge in [0.05, 0.1) is 19.8 Å². The van der Waals surface area contributed by atoms with E-state index in [0.29, 0.717) is 19.8 Å². The Morgan fingerprint density at radius 1 is 1.03 bits per heavy atom. The van der Waals surface area contributed by atoms with Crippen molar-refractivity contribution in [1.82, 2.24) is 10.2 Å². The Morgan fingerprint density at radius 3 is 2.57 bits per heavy atom. The van der Waals surface area contributed by atoms with Crippen LogP contribution in [0.15, 0.2) is 65.7 Å². The van der Waals surface area contributed by atoms with Gasteiger partial charge in [0.2, 0.25) is 0 Å². The van der Waals surface area contributed by atoms with Crippen molar-refractivity contribution in [2.45, 2.75) is 26.5 Å². The van der Waals surface area contributed by atoms with E-state index in [1.54, 1.807) is 0 Å². The van der Waals surface area contributed by atoms with Crippen molar-refractivity contribution in [1.29, 1.82) is 0 Å². The molecule has 1 aliphatic heterocycles. The SMILES string of the molecule is CCOCCOCc1cccc(CNC(=NC)N2CC=C(c3ccccc3)CC2)c1. The van der Waals surface area contributed by atoms with Gasteiger partial charge in [-0.25, -0.2) is 0 Å². The topological polar surface area (TPSA) is 46.1 Å². The van der Waals surface area contributed by atoms with Gasteiger partial charge in [-0.3, -0.25) is 4.99 Å². The van der Waals surface area contributed by atoms with Gasteiger partial charge in [0.15, 0.2) is 5.96 Å². The summed E-state index contributed by atoms with van der Waals surface area (Å²) in [6, 6.07) is 19.1. The molecule has 0 spiro atoms. The van der Waals surface area contributed by atoms with Gasteiger partial charge in [0, 0.05) is 33.3 Å². The van der Waals surface area contributed by atoms with Crippen molar-refractivity contribution >= 4 is 11.5 Å². The summed E-state index contributed by atoms with van der Waals surface area (Å²) in [7, 11) is 1.85. The highest BCUT2D eigenvalue weighted by atomic mass is 16.5. The van der Waals surface area contributed by atoms with Crippen LogP contribution in [0.4, 0.5) is 0 Å². The van der Waals surface area contributed by atoms with Gasteiger partial charge in [0.25, 0.3) is 0 Å². The molecule has 1 aliphatic rings. The number of guanidine groups is 1. The van der Waals surface area contributed by atoms with Crippen molar-refractivity contribution in [3.63, 3.8) is 0 Å². The normalized spacial score (nSPS) is 14.5. The molecule has 0 amide bonds. The van der Waals surface area contributed by atoms with Gasteiger partial charge >= 0.3 is 0 Å². The van der Waals surface area contributed by atoms with E-state index in [0.717, 1.165) is 38.6 Å². The molecule has 30 heavy (non-hydrogen) atoms. The van der Waals surface area contributed by atoms with E-state index in [-0.39, 0.29) is 0 Å². The molecule has 3 rings (SSSR count). The van der Waals surface area contributed by atoms with Gasteiger partial charge in [-0.05, 0) is 35.6 Å². The lowest BCUT2D eigenvalue weighted by molar-refractivity contribution is 0.0453. The molecular formula is C25H33N3O2. The van der Waals surface area contributed by atoms with Crippen LogP contribution >= 0.6 is 0 Å². The number of ether oxygens (including phenoxy) is 2. The lowest BCUT2D eigenvalue weighted by Gasteiger charge is -2.30. The van der Waals surface area contributed by atoms with Gasteiger partial charge in [-0.1, -0.05) is 60.7 Å². The van der Waals surface area contributed by atoms with Gasteiger partial charge in [-0.15, -0.1) is 0 Å². The number of rotatable bonds is 9. The van der Waals surface area contributed by atoms with Crippen molar-refractivity contribution in [2.75, 3.05) is 40.0 Å². The van der Waals surface area contributed by atoms with Crippen LogP contribution in [0.25, 0.3) is 5.57 Å². The Hall–Kier alpha value is -2.63. The zero-order valence-electron chi connectivity index (χ0n) is 18.1. The van der Waals surface area contributed by atoms with E-state index in [4.69, 9.17) is 9.47 Å². The van der Waals surface area contributed by atoms with E-state index in [9.17, 15) is 0 Å². The van der Waals surface area contributed by atoms with Crippen molar-refractivity contribution in [2.24, 2.45) is 4.99 Å². The number of benzene rings is 2. The highest BCUT2D eigenvalue weighted by Crippen LogP contribution is 2.22. The van der Waals surface area contributed by atoms with Gasteiger partial charge in [-0.2, -0.15) is 0 Å². The quantitative estimate of drug-likeness (QED) is 0.386. The van der Waals surface area contributed by atoms with E-state index in [1.165, 1.54) is 22.3 Å². The number of nitrogens with one attached hydrogen (secondary N) is 1. The Bertz CT molecular complexity index is 833. The van der Waals surface area contributed by atoms with Crippen LogP contribution in [-0.4, -0.2) is 50.8 Å². The Kier molecular flexibility index (Phi) is 8.94. The Morgan fingerprint density at radius 2 is 1.83 bits per heavy atom. The van der Waals surface area contributed by atoms with Crippen LogP contribution in [-0.2, 0) is 22.6 Å². The first kappa shape index (κ1) is 22.1. The van der Waals surface area contributed by atoms with Gasteiger partial charge < -0.3 is 19.7 Å². The molecule has 2 aromatic carbocycles. The predicted molar refractivity (Wildman–Crippen MR) is 123 cm³/mol. The van der Waals surface area contributed by atoms with Crippen LogP contribution in [0.5, 0.6) is 0 Å². The number of nitrogens with zero attached hydrogens (tertiary/aromatic N) is 2. The van der Waals surface area contributed by atoms with E-state index in [2.05, 4.69) is 75.9 Å². The number of aliphatic imine (C=N–C) groups is 1. The van der Waals surface area contributed by atoms with Crippen molar-refractivity contribution in [3.05, 3.63) is 77.4 Å². The molecule has 1 heterocycles. The van der Waals surface area contributed by atoms with Crippen molar-refractivity contribution in [3.8, 4) is 0 Å². The molecule has 5 heteroatoms. The molecule has 5 nitrogen and oxygen atoms in total. The fourth-order valence-electron chi connectivity index (χ4n) is 3.57. The average molecular weight is 408 g/mol. The monoisotopic (exact) mass is 407 g/mol. The zero-order chi connectivity index (χ0) is 21.0. The summed E-state index contributed by atoms with van der Waals surface area (Å²) in [4.78, 5) is 6.79. The van der Waals surface area contributed by atoms with Crippen LogP contribution in [0, 0.1) is 0 Å². The summed E-state index contributed by atoms with van der Waals surface area (Å²) in [6.45, 7) is 7.17. The molecule has 0 radical (unpaired) electrons. The summed E-state index contributed by atoms with van der Waals surface area (Å²) in [5, 5.41) is 3.51. The zero-order valence-corrected chi connectivity index (χ0v) is 18.1. The average Bonchev–Trinajstić information content (AvgIpc) is 2.81. The molecule has 0 aromatic heterocycles. The first-order valence-electron chi connectivity index (χ1n) is 10.7. The minimum Gasteiger partial charge on any atom is -0.379 e. The van der Waals surface area contributed by atoms with E-state index < -0.39 is 0 Å². The second kappa shape index (κ2) is 12.2. The Labute approximate surface area is 180 Å². The molecule has 0 saturated carbocycles. The minimum absolute atomic E-state index is 0.606. The summed E-state index contributed by atoms with van der Waals surface area (Å²) in [5.74, 6) is 0.941. The minimum atomic E-state index is 0.606. The number of hydrogen-bond acceptors (Lipinski definition) is 3. The smallest absolute Gasteiger partial charge is 0.194 e. The lowest BCUT2D eigenvalue weighted by Crippen LogP contribution is -2.43. The first-order valence-corrected chi connectivity index (χ1v) is 10.7. The second-order valence-corrected chi connectivity index (χ2v) is 7.26. The molecule has 160 valence electrons. The summed E-state index contributed by atoms with van der Waals surface area (Å²) in [6.07, 6.45) is 3.34. The van der Waals surface area contributed by atoms with Crippen LogP contribution in [0.2, 0.25) is 0 Å². The van der Waals surface area contributed by atoms with Crippen molar-refractivity contribution < 1.29 is 9.47 Å². The van der Waals surface area contributed by atoms with Gasteiger partial charge in [0.1, 0.15) is 0 Å². The molecule has 1 N–H and O–H groups in total. The fraction of sp³-hybridized carbons (Fsp3) is 0.400. The largest absolute Gasteiger partial charge is 0.379 e. The van der Waals surface area contributed by atoms with E-state index >= 15 is 0 Å². The third-order valence-corrected chi connectivity index (χ3v) is 5.15. The summed E-state index contributed by atoms with van der Waals surface area (Å²) < 4.78 is 11.0. The summed E-state index contributed by atoms with van der Waals surface area (Å²) >= 11 is 0. The van der Waals surface area contributed by atoms with Crippen LogP contribution in [0.3, 0.4) is 0 Å². The maximum Gasteiger partial charge on any atom is 0.194 e. The second-order valence-electron chi connectivity index (χ2n) is 7.26. The first-order chi connectivity index (χ1) is 14.8. The molecule has 0 fully saturated rings. The van der Waals surface area contributed by atoms with Crippen LogP contribution < -0.4 is 5.32 Å². The van der Waals surface area contributed by atoms with E-state index in [1.807, 2.05) is 14.0 Å². The summed E-state index contributed by atoms with van der Waals surface area (Å²) in [5.41, 5.74) is 5.13. The molecular weight excluding hydrogens is 374 g/mol. The highest BCUT2D eigenvalue weighted by Gasteiger charge is 2.16. The molecule has 0 bridgehead atoms. The highest BCUT2D eigenvalue weighted by molar-refractivity contribution is 5.81. The molecule has 0 saturated heterocycles. The maximum atomic E-state index is 5.68. The van der Waals surface area contributed by atoms with Crippen LogP contribution in [0.1, 0.15) is 30.0 Å². The maximum absolute atomic E-state index is 5.68. The number of hydrogen-bond donors (Lipinski definition) is 1. The third-order valence-electron chi connectivity index (χ3n) is 5.15. The standard InChI is InChI=1S/C25H33N3O2/c1-3-29-16-17-30-20-22-9-7-8-21(18-22)19-27-25(26-2)28-14-12-24(13-15-28)23-10-5-4-6-11-23/h4-12,18H,3,13-17,19-20H2,1-2H3,(H,26,27). The predicted octanol–water partition coefficient (Wildman–Crippen LogP) is 4.10. The molecule has 2 aromatic rings.